The molecule has 0 bridgehead atoms. The molecule has 8 heteroatoms. The standard InChI is InChI=1S/C27H31N5O3/c33-25(31-16-14-30(15-17-31)23-8-2-1-3-9-23)10-5-13-32-26(34)19-24(29-27(32)35)28-22-12-11-20-6-4-7-21(20)18-22/h1-3,8-9,11-12,18-19,28H,4-7,10,13-17H2,(H,29,35). The number of hydrogen-bond donors (Lipinski definition) is 2. The summed E-state index contributed by atoms with van der Waals surface area (Å²) < 4.78 is 1.16. The highest BCUT2D eigenvalue weighted by Gasteiger charge is 2.21. The van der Waals surface area contributed by atoms with Crippen LogP contribution in [0.25, 0.3) is 0 Å². The molecule has 0 radical (unpaired) electrons. The van der Waals surface area contributed by atoms with Crippen LogP contribution in [0.5, 0.6) is 0 Å². The molecule has 2 heterocycles. The maximum Gasteiger partial charge on any atom is 0.329 e. The molecule has 2 aromatic carbocycles. The number of para-hydroxylation sites is 1. The average molecular weight is 474 g/mol. The van der Waals surface area contributed by atoms with E-state index in [1.54, 1.807) is 0 Å². The van der Waals surface area contributed by atoms with E-state index in [0.717, 1.165) is 42.6 Å². The van der Waals surface area contributed by atoms with Crippen molar-refractivity contribution in [2.45, 2.75) is 38.6 Å². The van der Waals surface area contributed by atoms with E-state index in [0.29, 0.717) is 31.7 Å². The minimum absolute atomic E-state index is 0.0667. The number of aromatic nitrogens is 2. The first-order chi connectivity index (χ1) is 17.1. The molecule has 2 aliphatic rings. The van der Waals surface area contributed by atoms with Crippen LogP contribution in [-0.4, -0.2) is 46.5 Å². The van der Waals surface area contributed by atoms with Gasteiger partial charge in [0.05, 0.1) is 0 Å². The lowest BCUT2D eigenvalue weighted by Gasteiger charge is -2.36. The van der Waals surface area contributed by atoms with Crippen LogP contribution in [-0.2, 0) is 24.2 Å². The van der Waals surface area contributed by atoms with Crippen molar-refractivity contribution in [1.82, 2.24) is 14.5 Å². The Morgan fingerprint density at radius 2 is 1.69 bits per heavy atom. The van der Waals surface area contributed by atoms with E-state index in [1.807, 2.05) is 29.2 Å². The number of benzene rings is 2. The number of aromatic amines is 1. The summed E-state index contributed by atoms with van der Waals surface area (Å²) in [5, 5.41) is 3.14. The fourth-order valence-corrected chi connectivity index (χ4v) is 5.00. The summed E-state index contributed by atoms with van der Waals surface area (Å²) in [4.78, 5) is 44.7. The number of nitrogens with one attached hydrogen (secondary N) is 2. The van der Waals surface area contributed by atoms with E-state index in [9.17, 15) is 14.4 Å². The van der Waals surface area contributed by atoms with Crippen molar-refractivity contribution in [2.24, 2.45) is 0 Å². The first-order valence-corrected chi connectivity index (χ1v) is 12.4. The molecule has 1 amide bonds. The van der Waals surface area contributed by atoms with Gasteiger partial charge in [0, 0.05) is 56.6 Å². The maximum atomic E-state index is 12.7. The lowest BCUT2D eigenvalue weighted by molar-refractivity contribution is -0.131. The van der Waals surface area contributed by atoms with Crippen molar-refractivity contribution < 1.29 is 4.79 Å². The Labute approximate surface area is 204 Å². The molecule has 1 aromatic heterocycles. The molecule has 2 N–H and O–H groups in total. The number of rotatable bonds is 7. The zero-order chi connectivity index (χ0) is 24.2. The number of piperazine rings is 1. The van der Waals surface area contributed by atoms with Crippen LogP contribution in [0.2, 0.25) is 0 Å². The normalized spacial score (nSPS) is 15.2. The van der Waals surface area contributed by atoms with Crippen LogP contribution in [0.1, 0.15) is 30.4 Å². The van der Waals surface area contributed by atoms with E-state index in [-0.39, 0.29) is 18.0 Å². The highest BCUT2D eigenvalue weighted by atomic mass is 16.2. The summed E-state index contributed by atoms with van der Waals surface area (Å²) in [5.74, 6) is 0.443. The third-order valence-corrected chi connectivity index (χ3v) is 6.92. The van der Waals surface area contributed by atoms with Crippen molar-refractivity contribution in [3.8, 4) is 0 Å². The summed E-state index contributed by atoms with van der Waals surface area (Å²) in [7, 11) is 0. The second kappa shape index (κ2) is 10.2. The zero-order valence-corrected chi connectivity index (χ0v) is 19.8. The Balaban J connectivity index is 1.13. The largest absolute Gasteiger partial charge is 0.368 e. The Bertz CT molecular complexity index is 1280. The Morgan fingerprint density at radius 3 is 2.46 bits per heavy atom. The number of fused-ring (bicyclic) bond motifs is 1. The van der Waals surface area contributed by atoms with Gasteiger partial charge in [-0.1, -0.05) is 24.3 Å². The molecule has 1 saturated heterocycles. The number of nitrogens with zero attached hydrogens (tertiary/aromatic N) is 3. The van der Waals surface area contributed by atoms with Gasteiger partial charge in [-0.15, -0.1) is 0 Å². The van der Waals surface area contributed by atoms with Gasteiger partial charge in [-0.2, -0.15) is 0 Å². The first kappa shape index (κ1) is 23.0. The van der Waals surface area contributed by atoms with Crippen LogP contribution in [0.3, 0.4) is 0 Å². The van der Waals surface area contributed by atoms with Gasteiger partial charge in [0.25, 0.3) is 5.56 Å². The van der Waals surface area contributed by atoms with E-state index in [1.165, 1.54) is 22.9 Å². The monoisotopic (exact) mass is 473 g/mol. The fraction of sp³-hybridized carbons (Fsp3) is 0.370. The number of H-pyrrole nitrogens is 1. The average Bonchev–Trinajstić information content (AvgIpc) is 3.34. The van der Waals surface area contributed by atoms with E-state index in [2.05, 4.69) is 39.5 Å². The molecule has 1 fully saturated rings. The Hall–Kier alpha value is -3.81. The van der Waals surface area contributed by atoms with Crippen LogP contribution in [0.15, 0.2) is 64.2 Å². The maximum absolute atomic E-state index is 12.7. The Morgan fingerprint density at radius 1 is 0.914 bits per heavy atom. The van der Waals surface area contributed by atoms with Crippen molar-refractivity contribution in [2.75, 3.05) is 36.4 Å². The zero-order valence-electron chi connectivity index (χ0n) is 19.8. The number of amides is 1. The molecular weight excluding hydrogens is 442 g/mol. The number of anilines is 3. The highest BCUT2D eigenvalue weighted by molar-refractivity contribution is 5.76. The summed E-state index contributed by atoms with van der Waals surface area (Å²) >= 11 is 0. The molecule has 5 rings (SSSR count). The minimum atomic E-state index is -0.468. The van der Waals surface area contributed by atoms with Gasteiger partial charge in [-0.05, 0) is 61.1 Å². The predicted molar refractivity (Wildman–Crippen MR) is 138 cm³/mol. The van der Waals surface area contributed by atoms with Crippen molar-refractivity contribution in [3.05, 3.63) is 86.6 Å². The number of hydrogen-bond acceptors (Lipinski definition) is 5. The van der Waals surface area contributed by atoms with Gasteiger partial charge in [-0.3, -0.25) is 19.1 Å². The van der Waals surface area contributed by atoms with Crippen molar-refractivity contribution in [3.63, 3.8) is 0 Å². The van der Waals surface area contributed by atoms with Gasteiger partial charge >= 0.3 is 5.69 Å². The van der Waals surface area contributed by atoms with Crippen LogP contribution in [0, 0.1) is 0 Å². The van der Waals surface area contributed by atoms with Gasteiger partial charge in [0.1, 0.15) is 5.82 Å². The molecule has 35 heavy (non-hydrogen) atoms. The SMILES string of the molecule is O=C(CCCn1c(=O)cc(Nc2ccc3c(c2)CCC3)[nH]c1=O)N1CCN(c2ccccc2)CC1. The van der Waals surface area contributed by atoms with Crippen LogP contribution in [0.4, 0.5) is 17.2 Å². The third-order valence-electron chi connectivity index (χ3n) is 6.92. The lowest BCUT2D eigenvalue weighted by Crippen LogP contribution is -2.48. The predicted octanol–water partition coefficient (Wildman–Crippen LogP) is 2.90. The minimum Gasteiger partial charge on any atom is -0.368 e. The smallest absolute Gasteiger partial charge is 0.329 e. The molecule has 1 aliphatic heterocycles. The van der Waals surface area contributed by atoms with Crippen molar-refractivity contribution in [1.29, 1.82) is 0 Å². The summed E-state index contributed by atoms with van der Waals surface area (Å²) in [6.07, 6.45) is 4.09. The molecule has 182 valence electrons. The third kappa shape index (κ3) is 5.31. The van der Waals surface area contributed by atoms with Crippen LogP contribution < -0.4 is 21.5 Å². The molecule has 8 nitrogen and oxygen atoms in total. The van der Waals surface area contributed by atoms with Crippen molar-refractivity contribution >= 4 is 23.1 Å². The molecule has 0 spiro atoms. The second-order valence-corrected chi connectivity index (χ2v) is 9.25. The summed E-state index contributed by atoms with van der Waals surface area (Å²) in [6, 6.07) is 17.8. The first-order valence-electron chi connectivity index (χ1n) is 12.4. The summed E-state index contributed by atoms with van der Waals surface area (Å²) in [5.41, 5.74) is 3.87. The Kier molecular flexibility index (Phi) is 6.70. The fourth-order valence-electron chi connectivity index (χ4n) is 5.00. The lowest BCUT2D eigenvalue weighted by atomic mass is 10.1. The number of carbonyl (C=O) groups excluding carboxylic acids is 1. The molecule has 1 aliphatic carbocycles. The quantitative estimate of drug-likeness (QED) is 0.551. The molecule has 0 saturated carbocycles. The van der Waals surface area contributed by atoms with Gasteiger partial charge < -0.3 is 15.1 Å². The van der Waals surface area contributed by atoms with E-state index < -0.39 is 5.69 Å². The van der Waals surface area contributed by atoms with Gasteiger partial charge in [0.2, 0.25) is 5.91 Å². The number of aryl methyl sites for hydroxylation is 2. The van der Waals surface area contributed by atoms with Gasteiger partial charge in [-0.25, -0.2) is 4.79 Å². The molecule has 0 unspecified atom stereocenters. The summed E-state index contributed by atoms with van der Waals surface area (Å²) in [6.45, 7) is 3.17. The van der Waals surface area contributed by atoms with Gasteiger partial charge in [0.15, 0.2) is 0 Å². The van der Waals surface area contributed by atoms with Crippen LogP contribution >= 0.6 is 0 Å². The van der Waals surface area contributed by atoms with E-state index >= 15 is 0 Å². The number of carbonyl (C=O) groups is 1. The second-order valence-electron chi connectivity index (χ2n) is 9.25. The highest BCUT2D eigenvalue weighted by Crippen LogP contribution is 2.26. The topological polar surface area (TPSA) is 90.4 Å². The molecular formula is C27H31N5O3. The molecule has 0 atom stereocenters. The molecule has 3 aromatic rings. The van der Waals surface area contributed by atoms with E-state index in [4.69, 9.17) is 0 Å².